The molecule has 3 amide bonds. The average molecular weight is 623 g/mol. The van der Waals surface area contributed by atoms with Gasteiger partial charge in [0, 0.05) is 51.1 Å². The Morgan fingerprint density at radius 2 is 1.51 bits per heavy atom. The number of carbonyl (C=O) groups excluding carboxylic acids is 3. The van der Waals surface area contributed by atoms with Crippen molar-refractivity contribution >= 4 is 40.7 Å². The van der Waals surface area contributed by atoms with Crippen LogP contribution in [0.5, 0.6) is 0 Å². The van der Waals surface area contributed by atoms with Gasteiger partial charge in [0.15, 0.2) is 0 Å². The summed E-state index contributed by atoms with van der Waals surface area (Å²) in [7, 11) is 1.78. The maximum atomic E-state index is 14.0. The second kappa shape index (κ2) is 14.9. The number of hydrogen-bond donors (Lipinski definition) is 1. The summed E-state index contributed by atoms with van der Waals surface area (Å²) in [5.41, 5.74) is 4.18. The molecule has 1 aliphatic heterocycles. The Kier molecular flexibility index (Phi) is 10.5. The third-order valence-electron chi connectivity index (χ3n) is 8.27. The van der Waals surface area contributed by atoms with E-state index in [1.54, 1.807) is 42.3 Å². The lowest BCUT2D eigenvalue weighted by Crippen LogP contribution is -2.38. The lowest BCUT2D eigenvalue weighted by atomic mass is 9.95. The van der Waals surface area contributed by atoms with Gasteiger partial charge in [0.2, 0.25) is 5.91 Å². The van der Waals surface area contributed by atoms with E-state index in [-0.39, 0.29) is 23.6 Å². The molecule has 0 aliphatic carbocycles. The monoisotopic (exact) mass is 622 g/mol. The fourth-order valence-corrected chi connectivity index (χ4v) is 6.10. The highest BCUT2D eigenvalue weighted by Crippen LogP contribution is 2.29. The fraction of sp³-hybridized carbons (Fsp3) is 0.270. The molecule has 4 aromatic rings. The Labute approximate surface area is 270 Å². The molecule has 1 fully saturated rings. The fourth-order valence-electron chi connectivity index (χ4n) is 5.88. The highest BCUT2D eigenvalue weighted by Gasteiger charge is 2.28. The molecule has 0 radical (unpaired) electrons. The van der Waals surface area contributed by atoms with Gasteiger partial charge in [0.1, 0.15) is 0 Å². The topological polar surface area (TPSA) is 73.0 Å². The molecule has 1 atom stereocenters. The molecular weight excluding hydrogens is 584 g/mol. The van der Waals surface area contributed by atoms with Crippen molar-refractivity contribution in [2.45, 2.75) is 32.2 Å². The van der Waals surface area contributed by atoms with E-state index in [1.807, 2.05) is 77.7 Å². The van der Waals surface area contributed by atoms with Gasteiger partial charge in [0.05, 0.1) is 22.1 Å². The van der Waals surface area contributed by atoms with Crippen LogP contribution < -0.4 is 10.2 Å². The minimum absolute atomic E-state index is 0.141. The van der Waals surface area contributed by atoms with Crippen molar-refractivity contribution in [1.29, 1.82) is 0 Å². The number of rotatable bonds is 9. The number of nitrogens with one attached hydrogen (secondary N) is 1. The Morgan fingerprint density at radius 3 is 2.22 bits per heavy atom. The zero-order valence-electron chi connectivity index (χ0n) is 25.8. The third kappa shape index (κ3) is 7.73. The first-order valence-electron chi connectivity index (χ1n) is 15.4. The molecule has 1 N–H and O–H groups in total. The van der Waals surface area contributed by atoms with Crippen molar-refractivity contribution in [2.75, 3.05) is 43.4 Å². The van der Waals surface area contributed by atoms with Crippen LogP contribution in [0.25, 0.3) is 0 Å². The predicted molar refractivity (Wildman–Crippen MR) is 181 cm³/mol. The molecule has 45 heavy (non-hydrogen) atoms. The summed E-state index contributed by atoms with van der Waals surface area (Å²) in [6.45, 7) is 4.98. The van der Waals surface area contributed by atoms with E-state index in [0.717, 1.165) is 29.7 Å². The van der Waals surface area contributed by atoms with Crippen LogP contribution in [0, 0.1) is 0 Å². The minimum atomic E-state index is -0.350. The van der Waals surface area contributed by atoms with Crippen LogP contribution in [0.15, 0.2) is 103 Å². The Hall–Kier alpha value is -4.62. The van der Waals surface area contributed by atoms with E-state index in [1.165, 1.54) is 0 Å². The molecule has 8 heteroatoms. The summed E-state index contributed by atoms with van der Waals surface area (Å²) < 4.78 is 0. The summed E-state index contributed by atoms with van der Waals surface area (Å²) in [6, 6.07) is 32.1. The Balaban J connectivity index is 1.39. The van der Waals surface area contributed by atoms with Gasteiger partial charge in [-0.05, 0) is 54.3 Å². The maximum Gasteiger partial charge on any atom is 0.257 e. The van der Waals surface area contributed by atoms with Crippen molar-refractivity contribution in [3.8, 4) is 0 Å². The predicted octanol–water partition coefficient (Wildman–Crippen LogP) is 7.10. The maximum absolute atomic E-state index is 14.0. The molecular formula is C37H39ClN4O3. The number of benzene rings is 4. The molecule has 1 saturated heterocycles. The van der Waals surface area contributed by atoms with Gasteiger partial charge in [0.25, 0.3) is 11.8 Å². The van der Waals surface area contributed by atoms with Gasteiger partial charge in [-0.15, -0.1) is 0 Å². The lowest BCUT2D eigenvalue weighted by Gasteiger charge is -2.28. The Bertz CT molecular complexity index is 1630. The van der Waals surface area contributed by atoms with Crippen LogP contribution in [0.3, 0.4) is 0 Å². The second-order valence-electron chi connectivity index (χ2n) is 11.4. The first-order valence-corrected chi connectivity index (χ1v) is 15.8. The molecule has 7 nitrogen and oxygen atoms in total. The van der Waals surface area contributed by atoms with Crippen LogP contribution in [0.4, 0.5) is 11.4 Å². The quantitative estimate of drug-likeness (QED) is 0.216. The van der Waals surface area contributed by atoms with Crippen LogP contribution >= 0.6 is 11.6 Å². The van der Waals surface area contributed by atoms with Crippen molar-refractivity contribution in [3.63, 3.8) is 0 Å². The number of amides is 3. The normalized spacial score (nSPS) is 13.9. The van der Waals surface area contributed by atoms with E-state index in [4.69, 9.17) is 11.6 Å². The van der Waals surface area contributed by atoms with Gasteiger partial charge in [-0.3, -0.25) is 14.4 Å². The first kappa shape index (κ1) is 31.8. The number of nitrogens with zero attached hydrogens (tertiary/aromatic N) is 3. The summed E-state index contributed by atoms with van der Waals surface area (Å²) in [5.74, 6) is -0.545. The number of anilines is 2. The molecule has 4 aromatic carbocycles. The van der Waals surface area contributed by atoms with Crippen molar-refractivity contribution in [2.24, 2.45) is 0 Å². The van der Waals surface area contributed by atoms with Crippen molar-refractivity contribution in [1.82, 2.24) is 9.80 Å². The highest BCUT2D eigenvalue weighted by molar-refractivity contribution is 6.34. The molecule has 1 aliphatic rings. The number of carbonyl (C=O) groups is 3. The van der Waals surface area contributed by atoms with E-state index < -0.39 is 0 Å². The second-order valence-corrected chi connectivity index (χ2v) is 11.8. The van der Waals surface area contributed by atoms with E-state index in [2.05, 4.69) is 17.1 Å². The smallest absolute Gasteiger partial charge is 0.257 e. The third-order valence-corrected chi connectivity index (χ3v) is 8.60. The summed E-state index contributed by atoms with van der Waals surface area (Å²) in [6.07, 6.45) is 1.51. The lowest BCUT2D eigenvalue weighted by molar-refractivity contribution is -0.132. The molecule has 0 bridgehead atoms. The zero-order chi connectivity index (χ0) is 31.8. The largest absolute Gasteiger partial charge is 0.369 e. The molecule has 1 heterocycles. The summed E-state index contributed by atoms with van der Waals surface area (Å²) in [4.78, 5) is 46.6. The van der Waals surface area contributed by atoms with Gasteiger partial charge in [-0.1, -0.05) is 91.3 Å². The van der Waals surface area contributed by atoms with Crippen molar-refractivity contribution < 1.29 is 14.4 Å². The van der Waals surface area contributed by atoms with E-state index in [9.17, 15) is 14.4 Å². The molecule has 5 rings (SSSR count). The molecule has 0 saturated carbocycles. The molecule has 232 valence electrons. The van der Waals surface area contributed by atoms with E-state index in [0.29, 0.717) is 54.6 Å². The Morgan fingerprint density at radius 1 is 0.822 bits per heavy atom. The molecule has 0 aromatic heterocycles. The zero-order valence-corrected chi connectivity index (χ0v) is 26.5. The van der Waals surface area contributed by atoms with Crippen LogP contribution in [-0.4, -0.2) is 60.7 Å². The van der Waals surface area contributed by atoms with Gasteiger partial charge < -0.3 is 20.0 Å². The number of hydrogen-bond acceptors (Lipinski definition) is 4. The van der Waals surface area contributed by atoms with Gasteiger partial charge >= 0.3 is 0 Å². The van der Waals surface area contributed by atoms with E-state index >= 15 is 0 Å². The van der Waals surface area contributed by atoms with Gasteiger partial charge in [-0.25, -0.2) is 0 Å². The van der Waals surface area contributed by atoms with Crippen LogP contribution in [-0.2, 0) is 11.3 Å². The summed E-state index contributed by atoms with van der Waals surface area (Å²) in [5, 5.41) is 3.27. The van der Waals surface area contributed by atoms with Crippen molar-refractivity contribution in [3.05, 3.63) is 130 Å². The minimum Gasteiger partial charge on any atom is -0.369 e. The average Bonchev–Trinajstić information content (AvgIpc) is 3.32. The molecule has 0 spiro atoms. The SMILES string of the molecule is CCC(C(=O)N1CCCN(c2ccc(NC(=O)c3ccccc3Cl)cc2C(=O)N(C)Cc2ccccc2)CC1)c1ccccc1. The standard InChI is InChI=1S/C37H39ClN4O3/c1-3-30(28-15-8-5-9-16-28)37(45)42-22-12-21-41(23-24-42)34-20-19-29(39-35(43)31-17-10-11-18-33(31)38)25-32(34)36(44)40(2)26-27-13-6-4-7-14-27/h4-11,13-20,25,30H,3,12,21-24,26H2,1-2H3,(H,39,43). The highest BCUT2D eigenvalue weighted by atomic mass is 35.5. The summed E-state index contributed by atoms with van der Waals surface area (Å²) >= 11 is 6.27. The van der Waals surface area contributed by atoms with Gasteiger partial charge in [-0.2, -0.15) is 0 Å². The number of halogens is 1. The van der Waals surface area contributed by atoms with Crippen LogP contribution in [0.2, 0.25) is 5.02 Å². The van der Waals surface area contributed by atoms with Crippen LogP contribution in [0.1, 0.15) is 57.5 Å². The molecule has 1 unspecified atom stereocenters. The first-order chi connectivity index (χ1) is 21.9.